The molecule has 1 heterocycles. The number of nitrogens with zero attached hydrogens (tertiary/aromatic N) is 3. The molecule has 0 saturated carbocycles. The minimum Gasteiger partial charge on any atom is -1.00 e. The van der Waals surface area contributed by atoms with Gasteiger partial charge in [-0.15, -0.1) is 0 Å². The summed E-state index contributed by atoms with van der Waals surface area (Å²) >= 11 is 0.197. The molecule has 0 amide bonds. The van der Waals surface area contributed by atoms with Gasteiger partial charge in [-0.2, -0.15) is 0 Å². The maximum Gasteiger partial charge on any atom is 0.266 e. The monoisotopic (exact) mass is 317 g/mol. The zero-order valence-electron chi connectivity index (χ0n) is 8.96. The number of rotatable bonds is 3. The van der Waals surface area contributed by atoms with Crippen LogP contribution in [0.15, 0.2) is 0 Å². The van der Waals surface area contributed by atoms with Gasteiger partial charge in [0.05, 0.1) is 0 Å². The first-order chi connectivity index (χ1) is 5.63. The van der Waals surface area contributed by atoms with E-state index in [0.29, 0.717) is 0 Å². The first-order valence-corrected chi connectivity index (χ1v) is 5.56. The molecule has 0 N–H and O–H groups in total. The summed E-state index contributed by atoms with van der Waals surface area (Å²) in [6, 6.07) is 0. The van der Waals surface area contributed by atoms with Gasteiger partial charge in [0.1, 0.15) is 0 Å². The molecule has 0 aromatic heterocycles. The fraction of sp³-hybridized carbons (Fsp3) is 1.00. The maximum atomic E-state index is 2.56. The molecule has 0 spiro atoms. The third kappa shape index (κ3) is 3.91. The Labute approximate surface area is 102 Å². The summed E-state index contributed by atoms with van der Waals surface area (Å²) in [5, 5.41) is 0. The molecule has 1 saturated heterocycles. The standard InChI is InChI=1S/C8H20N3S.HI/c1-9(2)12(10(3)4)11-7-5-6-8-11;/h5-8H2,1-4H3;1H/q+1;/p-1. The molecular weight excluding hydrogens is 297 g/mol. The predicted octanol–water partition coefficient (Wildman–Crippen LogP) is -2.43. The summed E-state index contributed by atoms with van der Waals surface area (Å²) in [6.07, 6.45) is 2.73. The average molecular weight is 317 g/mol. The number of halogens is 1. The van der Waals surface area contributed by atoms with Crippen LogP contribution in [0.5, 0.6) is 0 Å². The van der Waals surface area contributed by atoms with E-state index < -0.39 is 0 Å². The fourth-order valence-electron chi connectivity index (χ4n) is 1.64. The van der Waals surface area contributed by atoms with E-state index in [1.165, 1.54) is 25.9 Å². The van der Waals surface area contributed by atoms with Gasteiger partial charge in [0.2, 0.25) is 0 Å². The van der Waals surface area contributed by atoms with Gasteiger partial charge >= 0.3 is 0 Å². The van der Waals surface area contributed by atoms with Crippen molar-refractivity contribution in [2.24, 2.45) is 0 Å². The average Bonchev–Trinajstić information content (AvgIpc) is 2.37. The van der Waals surface area contributed by atoms with Gasteiger partial charge in [-0.05, 0) is 12.8 Å². The largest absolute Gasteiger partial charge is 1.00 e. The van der Waals surface area contributed by atoms with Crippen molar-refractivity contribution in [2.45, 2.75) is 12.8 Å². The van der Waals surface area contributed by atoms with E-state index in [9.17, 15) is 0 Å². The van der Waals surface area contributed by atoms with Gasteiger partial charge in [0, 0.05) is 41.3 Å². The molecule has 1 fully saturated rings. The van der Waals surface area contributed by atoms with Crippen LogP contribution in [0, 0.1) is 0 Å². The molecule has 3 nitrogen and oxygen atoms in total. The van der Waals surface area contributed by atoms with Crippen LogP contribution < -0.4 is 24.0 Å². The van der Waals surface area contributed by atoms with E-state index in [2.05, 4.69) is 41.1 Å². The van der Waals surface area contributed by atoms with Gasteiger partial charge in [0.25, 0.3) is 11.5 Å². The second-order valence-corrected chi connectivity index (χ2v) is 5.97. The molecule has 0 atom stereocenters. The Morgan fingerprint density at radius 1 is 0.923 bits per heavy atom. The molecule has 1 aliphatic heterocycles. The normalized spacial score (nSPS) is 18.7. The molecule has 0 aromatic carbocycles. The van der Waals surface area contributed by atoms with Crippen LogP contribution in [0.25, 0.3) is 0 Å². The van der Waals surface area contributed by atoms with E-state index in [-0.39, 0.29) is 35.4 Å². The van der Waals surface area contributed by atoms with Crippen molar-refractivity contribution < 1.29 is 24.0 Å². The molecule has 80 valence electrons. The molecular formula is C8H20IN3S. The lowest BCUT2D eigenvalue weighted by Gasteiger charge is -2.23. The smallest absolute Gasteiger partial charge is 0.266 e. The molecule has 0 radical (unpaired) electrons. The Bertz CT molecular complexity index is 129. The minimum absolute atomic E-state index is 0. The summed E-state index contributed by atoms with van der Waals surface area (Å²) in [5.41, 5.74) is 0. The summed E-state index contributed by atoms with van der Waals surface area (Å²) in [7, 11) is 8.62. The third-order valence-electron chi connectivity index (χ3n) is 1.95. The van der Waals surface area contributed by atoms with E-state index in [4.69, 9.17) is 0 Å². The second-order valence-electron chi connectivity index (χ2n) is 3.51. The quantitative estimate of drug-likeness (QED) is 0.424. The molecule has 0 unspecified atom stereocenters. The van der Waals surface area contributed by atoms with Crippen LogP contribution in [0.1, 0.15) is 12.8 Å². The van der Waals surface area contributed by atoms with Crippen molar-refractivity contribution in [3.05, 3.63) is 0 Å². The summed E-state index contributed by atoms with van der Waals surface area (Å²) in [6.45, 7) is 2.53. The lowest BCUT2D eigenvalue weighted by molar-refractivity contribution is -0.00000274. The summed E-state index contributed by atoms with van der Waals surface area (Å²) in [5.74, 6) is 0. The highest BCUT2D eigenvalue weighted by molar-refractivity contribution is 7.90. The van der Waals surface area contributed by atoms with Gasteiger partial charge in [-0.1, -0.05) is 12.9 Å². The lowest BCUT2D eigenvalue weighted by Crippen LogP contribution is -3.00. The van der Waals surface area contributed by atoms with Gasteiger partial charge in [-0.25, -0.2) is 0 Å². The van der Waals surface area contributed by atoms with Gasteiger partial charge < -0.3 is 24.0 Å². The molecule has 0 aliphatic carbocycles. The van der Waals surface area contributed by atoms with Crippen LogP contribution in [0.4, 0.5) is 0 Å². The van der Waals surface area contributed by atoms with Gasteiger partial charge in [0.15, 0.2) is 0 Å². The second kappa shape index (κ2) is 6.44. The molecule has 0 aromatic rings. The molecule has 13 heavy (non-hydrogen) atoms. The predicted molar refractivity (Wildman–Crippen MR) is 55.5 cm³/mol. The zero-order chi connectivity index (χ0) is 9.14. The van der Waals surface area contributed by atoms with Crippen molar-refractivity contribution in [1.29, 1.82) is 0 Å². The minimum atomic E-state index is 0. The van der Waals surface area contributed by atoms with Crippen LogP contribution in [-0.2, 0) is 11.5 Å². The number of hydrogen-bond acceptors (Lipinski definition) is 3. The lowest BCUT2D eigenvalue weighted by atomic mass is 10.4. The van der Waals surface area contributed by atoms with E-state index >= 15 is 0 Å². The summed E-state index contributed by atoms with van der Waals surface area (Å²) in [4.78, 5) is 0. The van der Waals surface area contributed by atoms with Crippen molar-refractivity contribution in [3.63, 3.8) is 0 Å². The molecule has 1 aliphatic rings. The Morgan fingerprint density at radius 2 is 1.31 bits per heavy atom. The Hall–Kier alpha value is 0.960. The van der Waals surface area contributed by atoms with Crippen molar-refractivity contribution >= 4 is 11.5 Å². The van der Waals surface area contributed by atoms with Crippen molar-refractivity contribution in [3.8, 4) is 0 Å². The van der Waals surface area contributed by atoms with Crippen molar-refractivity contribution in [2.75, 3.05) is 41.3 Å². The van der Waals surface area contributed by atoms with E-state index in [0.717, 1.165) is 0 Å². The van der Waals surface area contributed by atoms with Crippen LogP contribution in [-0.4, -0.2) is 54.2 Å². The summed E-state index contributed by atoms with van der Waals surface area (Å²) < 4.78 is 7.15. The highest BCUT2D eigenvalue weighted by Crippen LogP contribution is 2.17. The van der Waals surface area contributed by atoms with Crippen LogP contribution in [0.3, 0.4) is 0 Å². The highest BCUT2D eigenvalue weighted by Gasteiger charge is 2.37. The number of hydrogen-bond donors (Lipinski definition) is 0. The van der Waals surface area contributed by atoms with Gasteiger partial charge in [-0.3, -0.25) is 0 Å². The zero-order valence-corrected chi connectivity index (χ0v) is 11.9. The molecule has 1 rings (SSSR count). The van der Waals surface area contributed by atoms with E-state index in [1.54, 1.807) is 0 Å². The topological polar surface area (TPSA) is 9.72 Å². The maximum absolute atomic E-state index is 2.56. The van der Waals surface area contributed by atoms with Crippen LogP contribution >= 0.6 is 0 Å². The molecule has 0 bridgehead atoms. The van der Waals surface area contributed by atoms with Crippen molar-refractivity contribution in [1.82, 2.24) is 12.9 Å². The first kappa shape index (κ1) is 14.0. The Kier molecular flexibility index (Phi) is 6.92. The third-order valence-corrected chi connectivity index (χ3v) is 4.08. The van der Waals surface area contributed by atoms with E-state index in [1.807, 2.05) is 0 Å². The highest BCUT2D eigenvalue weighted by atomic mass is 127. The Balaban J connectivity index is 0.00000144. The van der Waals surface area contributed by atoms with Crippen LogP contribution in [0.2, 0.25) is 0 Å². The Morgan fingerprint density at radius 3 is 1.62 bits per heavy atom. The molecule has 5 heteroatoms. The fourth-order valence-corrected chi connectivity index (χ4v) is 3.80. The first-order valence-electron chi connectivity index (χ1n) is 4.47. The SMILES string of the molecule is CN(C)[S+](N(C)C)N1CCCC1.[I-].